The molecule has 0 bridgehead atoms. The number of phosphoric ester groups is 1. The van der Waals surface area contributed by atoms with Gasteiger partial charge in [0.15, 0.2) is 6.29 Å². The van der Waals surface area contributed by atoms with Crippen LogP contribution in [0.2, 0.25) is 0 Å². The van der Waals surface area contributed by atoms with Gasteiger partial charge >= 0.3 is 7.82 Å². The van der Waals surface area contributed by atoms with E-state index in [-0.39, 0.29) is 19.8 Å². The van der Waals surface area contributed by atoms with Crippen LogP contribution in [0.5, 0.6) is 0 Å². The molecule has 0 aliphatic rings. The van der Waals surface area contributed by atoms with Crippen molar-refractivity contribution < 1.29 is 32.8 Å². The Kier molecular flexibility index (Phi) is 9.72. The van der Waals surface area contributed by atoms with E-state index in [4.69, 9.17) is 18.3 Å². The van der Waals surface area contributed by atoms with Crippen molar-refractivity contribution in [3.63, 3.8) is 0 Å². The molecule has 0 aromatic heterocycles. The summed E-state index contributed by atoms with van der Waals surface area (Å²) in [5, 5.41) is 10.7. The monoisotopic (exact) mass is 484 g/mol. The SMILES string of the molecule is C[C@@](C=O)(OCc1ccccc1)[C@H](O)COP(=O)(OCc1ccccc1)OCc1ccccc1. The second-order valence-corrected chi connectivity index (χ2v) is 9.52. The minimum absolute atomic E-state index is 0.0154. The fraction of sp³-hybridized carbons (Fsp3) is 0.269. The quantitative estimate of drug-likeness (QED) is 0.252. The van der Waals surface area contributed by atoms with Gasteiger partial charge in [0.05, 0.1) is 26.4 Å². The molecule has 3 aromatic rings. The molecule has 34 heavy (non-hydrogen) atoms. The zero-order valence-corrected chi connectivity index (χ0v) is 19.9. The summed E-state index contributed by atoms with van der Waals surface area (Å²) in [6.45, 7) is 1.03. The molecule has 3 rings (SSSR count). The van der Waals surface area contributed by atoms with E-state index in [0.717, 1.165) is 16.7 Å². The second-order valence-electron chi connectivity index (χ2n) is 7.85. The molecule has 0 unspecified atom stereocenters. The van der Waals surface area contributed by atoms with E-state index in [1.807, 2.05) is 91.0 Å². The Morgan fingerprint density at radius 2 is 1.18 bits per heavy atom. The van der Waals surface area contributed by atoms with Gasteiger partial charge in [-0.3, -0.25) is 13.6 Å². The first-order valence-corrected chi connectivity index (χ1v) is 12.3. The fourth-order valence-corrected chi connectivity index (χ4v) is 4.08. The van der Waals surface area contributed by atoms with Crippen molar-refractivity contribution in [3.05, 3.63) is 108 Å². The lowest BCUT2D eigenvalue weighted by Crippen LogP contribution is -2.46. The second kappa shape index (κ2) is 12.7. The Balaban J connectivity index is 1.64. The summed E-state index contributed by atoms with van der Waals surface area (Å²) in [5.74, 6) is 0. The number of rotatable bonds is 14. The Morgan fingerprint density at radius 3 is 1.59 bits per heavy atom. The molecule has 0 radical (unpaired) electrons. The molecule has 0 aliphatic carbocycles. The van der Waals surface area contributed by atoms with Crippen LogP contribution in [0.3, 0.4) is 0 Å². The molecular weight excluding hydrogens is 455 g/mol. The predicted octanol–water partition coefficient (Wildman–Crippen LogP) is 5.08. The molecule has 0 saturated heterocycles. The highest BCUT2D eigenvalue weighted by Crippen LogP contribution is 2.51. The van der Waals surface area contributed by atoms with Crippen LogP contribution in [0, 0.1) is 0 Å². The van der Waals surface area contributed by atoms with Crippen molar-refractivity contribution in [2.24, 2.45) is 0 Å². The van der Waals surface area contributed by atoms with Crippen molar-refractivity contribution in [2.75, 3.05) is 6.61 Å². The molecule has 1 N–H and O–H groups in total. The van der Waals surface area contributed by atoms with Crippen LogP contribution >= 0.6 is 7.82 Å². The Bertz CT molecular complexity index is 999. The third-order valence-corrected chi connectivity index (χ3v) is 6.50. The largest absolute Gasteiger partial charge is 0.475 e. The van der Waals surface area contributed by atoms with Crippen molar-refractivity contribution in [1.82, 2.24) is 0 Å². The molecule has 7 nitrogen and oxygen atoms in total. The Hall–Kier alpha value is -2.64. The van der Waals surface area contributed by atoms with Crippen molar-refractivity contribution >= 4 is 14.1 Å². The predicted molar refractivity (Wildman–Crippen MR) is 128 cm³/mol. The average Bonchev–Trinajstić information content (AvgIpc) is 2.90. The number of aliphatic hydroxyl groups is 1. The minimum atomic E-state index is -4.09. The average molecular weight is 484 g/mol. The van der Waals surface area contributed by atoms with Crippen molar-refractivity contribution in [3.8, 4) is 0 Å². The van der Waals surface area contributed by atoms with Gasteiger partial charge in [0, 0.05) is 0 Å². The van der Waals surface area contributed by atoms with E-state index in [2.05, 4.69) is 0 Å². The van der Waals surface area contributed by atoms with Gasteiger partial charge in [0.2, 0.25) is 0 Å². The van der Waals surface area contributed by atoms with Crippen LogP contribution < -0.4 is 0 Å². The summed E-state index contributed by atoms with van der Waals surface area (Å²) in [6.07, 6.45) is -0.910. The van der Waals surface area contributed by atoms with Gasteiger partial charge in [-0.05, 0) is 23.6 Å². The van der Waals surface area contributed by atoms with E-state index in [9.17, 15) is 14.5 Å². The topological polar surface area (TPSA) is 91.3 Å². The number of ether oxygens (including phenoxy) is 1. The lowest BCUT2D eigenvalue weighted by Gasteiger charge is -2.30. The highest BCUT2D eigenvalue weighted by atomic mass is 31.2. The molecule has 0 saturated carbocycles. The minimum Gasteiger partial charge on any atom is -0.387 e. The van der Waals surface area contributed by atoms with Crippen LogP contribution in [0.1, 0.15) is 23.6 Å². The molecule has 2 atom stereocenters. The highest BCUT2D eigenvalue weighted by molar-refractivity contribution is 7.48. The Morgan fingerprint density at radius 1 is 0.765 bits per heavy atom. The summed E-state index contributed by atoms with van der Waals surface area (Å²) >= 11 is 0. The molecule has 180 valence electrons. The van der Waals surface area contributed by atoms with E-state index >= 15 is 0 Å². The number of phosphoric acid groups is 1. The van der Waals surface area contributed by atoms with Crippen LogP contribution in [0.4, 0.5) is 0 Å². The third kappa shape index (κ3) is 7.99. The van der Waals surface area contributed by atoms with E-state index in [1.165, 1.54) is 6.92 Å². The molecule has 8 heteroatoms. The molecule has 0 amide bonds. The first-order chi connectivity index (χ1) is 16.4. The number of aliphatic hydroxyl groups excluding tert-OH is 1. The molecule has 0 heterocycles. The standard InChI is InChI=1S/C26H29O7P/c1-26(21-27,30-17-22-11-5-2-6-12-22)25(28)20-33-34(29,31-18-23-13-7-3-8-14-23)32-19-24-15-9-4-10-16-24/h2-16,21,25,28H,17-20H2,1H3/t25-,26+/m1/s1. The van der Waals surface area contributed by atoms with Gasteiger partial charge in [0.1, 0.15) is 11.7 Å². The number of benzene rings is 3. The smallest absolute Gasteiger partial charge is 0.387 e. The fourth-order valence-electron chi connectivity index (χ4n) is 2.92. The van der Waals surface area contributed by atoms with Crippen LogP contribution in [0.25, 0.3) is 0 Å². The number of hydrogen-bond donors (Lipinski definition) is 1. The van der Waals surface area contributed by atoms with Crippen LogP contribution in [-0.4, -0.2) is 29.7 Å². The molecule has 0 aliphatic heterocycles. The van der Waals surface area contributed by atoms with Crippen LogP contribution in [-0.2, 0) is 47.5 Å². The van der Waals surface area contributed by atoms with Crippen molar-refractivity contribution in [1.29, 1.82) is 0 Å². The summed E-state index contributed by atoms with van der Waals surface area (Å²) < 4.78 is 35.6. The van der Waals surface area contributed by atoms with E-state index in [1.54, 1.807) is 0 Å². The Labute approximate surface area is 199 Å². The van der Waals surface area contributed by atoms with Gasteiger partial charge in [-0.25, -0.2) is 4.57 Å². The van der Waals surface area contributed by atoms with Crippen LogP contribution in [0.15, 0.2) is 91.0 Å². The van der Waals surface area contributed by atoms with E-state index < -0.39 is 26.1 Å². The molecular formula is C26H29O7P. The molecule has 0 fully saturated rings. The normalized spacial score (nSPS) is 14.3. The third-order valence-electron chi connectivity index (χ3n) is 5.14. The maximum atomic E-state index is 13.4. The first kappa shape index (κ1) is 26.0. The van der Waals surface area contributed by atoms with Crippen molar-refractivity contribution in [2.45, 2.75) is 38.4 Å². The van der Waals surface area contributed by atoms with Gasteiger partial charge < -0.3 is 14.6 Å². The van der Waals surface area contributed by atoms with Gasteiger partial charge in [-0.1, -0.05) is 91.0 Å². The first-order valence-electron chi connectivity index (χ1n) is 10.9. The maximum Gasteiger partial charge on any atom is 0.475 e. The number of carbonyl (C=O) groups excluding carboxylic acids is 1. The highest BCUT2D eigenvalue weighted by Gasteiger charge is 2.37. The zero-order valence-electron chi connectivity index (χ0n) is 19.0. The lowest BCUT2D eigenvalue weighted by atomic mass is 10.0. The zero-order chi connectivity index (χ0) is 24.3. The van der Waals surface area contributed by atoms with Gasteiger partial charge in [0.25, 0.3) is 0 Å². The van der Waals surface area contributed by atoms with Gasteiger partial charge in [-0.2, -0.15) is 0 Å². The summed E-state index contributed by atoms with van der Waals surface area (Å²) in [6, 6.07) is 27.6. The number of carbonyl (C=O) groups is 1. The summed E-state index contributed by atoms with van der Waals surface area (Å²) in [5.41, 5.74) is 0.810. The number of aldehydes is 1. The number of hydrogen-bond acceptors (Lipinski definition) is 7. The lowest BCUT2D eigenvalue weighted by molar-refractivity contribution is -0.153. The summed E-state index contributed by atoms with van der Waals surface area (Å²) in [7, 11) is -4.09. The maximum absolute atomic E-state index is 13.4. The van der Waals surface area contributed by atoms with Gasteiger partial charge in [-0.15, -0.1) is 0 Å². The molecule has 3 aromatic carbocycles. The molecule has 0 spiro atoms. The summed E-state index contributed by atoms with van der Waals surface area (Å²) in [4.78, 5) is 11.8. The van der Waals surface area contributed by atoms with E-state index in [0.29, 0.717) is 6.29 Å².